The lowest BCUT2D eigenvalue weighted by molar-refractivity contribution is 0.0600. The highest BCUT2D eigenvalue weighted by molar-refractivity contribution is 5.89. The van der Waals surface area contributed by atoms with Crippen molar-refractivity contribution in [3.05, 3.63) is 35.4 Å². The highest BCUT2D eigenvalue weighted by Gasteiger charge is 2.31. The second-order valence-electron chi connectivity index (χ2n) is 6.93. The van der Waals surface area contributed by atoms with Gasteiger partial charge in [-0.1, -0.05) is 12.1 Å². The quantitative estimate of drug-likeness (QED) is 0.806. The number of carbonyl (C=O) groups excluding carboxylic acids is 1. The lowest BCUT2D eigenvalue weighted by atomic mass is 10.1. The van der Waals surface area contributed by atoms with E-state index in [-0.39, 0.29) is 12.6 Å². The lowest BCUT2D eigenvalue weighted by Gasteiger charge is -2.31. The van der Waals surface area contributed by atoms with E-state index in [2.05, 4.69) is 15.9 Å². The number of benzene rings is 1. The average Bonchev–Trinajstić information content (AvgIpc) is 3.24. The third kappa shape index (κ3) is 3.97. The van der Waals surface area contributed by atoms with Crippen LogP contribution in [0.3, 0.4) is 0 Å². The summed E-state index contributed by atoms with van der Waals surface area (Å²) in [6.45, 7) is 4.39. The van der Waals surface area contributed by atoms with Crippen molar-refractivity contribution in [2.24, 2.45) is 0 Å². The maximum absolute atomic E-state index is 11.7. The normalized spacial score (nSPS) is 25.2. The molecule has 0 spiro atoms. The number of aliphatic hydroxyl groups excluding tert-OH is 1. The van der Waals surface area contributed by atoms with Crippen LogP contribution in [0.25, 0.3) is 0 Å². The fourth-order valence-electron chi connectivity index (χ4n) is 4.07. The first-order valence-corrected chi connectivity index (χ1v) is 8.97. The summed E-state index contributed by atoms with van der Waals surface area (Å²) in [7, 11) is 1.42. The number of likely N-dealkylation sites (tertiary alicyclic amines) is 2. The second-order valence-corrected chi connectivity index (χ2v) is 6.93. The van der Waals surface area contributed by atoms with Crippen LogP contribution in [0.2, 0.25) is 0 Å². The molecule has 2 fully saturated rings. The minimum absolute atomic E-state index is 0.272. The molecule has 132 valence electrons. The topological polar surface area (TPSA) is 53.0 Å². The number of hydrogen-bond donors (Lipinski definition) is 1. The van der Waals surface area contributed by atoms with Gasteiger partial charge in [0.15, 0.2) is 0 Å². The van der Waals surface area contributed by atoms with Gasteiger partial charge in [-0.15, -0.1) is 0 Å². The molecule has 0 aromatic heterocycles. The standard InChI is InChI=1S/C19H28N2O3/c1-24-19(23)16-6-2-5-15(11-16)12-20-9-3-7-17(20)13-21-10-4-8-18(21)14-22/h2,5-6,11,17-18,22H,3-4,7-10,12-14H2,1H3. The Hall–Kier alpha value is -1.43. The highest BCUT2D eigenvalue weighted by atomic mass is 16.5. The maximum Gasteiger partial charge on any atom is 0.337 e. The van der Waals surface area contributed by atoms with Crippen LogP contribution in [0.5, 0.6) is 0 Å². The Morgan fingerprint density at radius 3 is 2.71 bits per heavy atom. The van der Waals surface area contributed by atoms with Crippen molar-refractivity contribution in [1.82, 2.24) is 9.80 Å². The molecule has 0 bridgehead atoms. The predicted octanol–water partition coefficient (Wildman–Crippen LogP) is 1.89. The van der Waals surface area contributed by atoms with Gasteiger partial charge in [-0.3, -0.25) is 9.80 Å². The van der Waals surface area contributed by atoms with Crippen LogP contribution in [-0.4, -0.2) is 66.3 Å². The van der Waals surface area contributed by atoms with E-state index in [1.54, 1.807) is 6.07 Å². The molecule has 5 nitrogen and oxygen atoms in total. The van der Waals surface area contributed by atoms with E-state index in [0.29, 0.717) is 17.6 Å². The van der Waals surface area contributed by atoms with E-state index in [1.807, 2.05) is 12.1 Å². The Morgan fingerprint density at radius 1 is 1.21 bits per heavy atom. The summed E-state index contributed by atoms with van der Waals surface area (Å²) in [4.78, 5) is 16.7. The molecule has 0 aliphatic carbocycles. The Kier molecular flexibility index (Phi) is 5.87. The van der Waals surface area contributed by atoms with E-state index in [4.69, 9.17) is 4.74 Å². The number of hydrogen-bond acceptors (Lipinski definition) is 5. The minimum atomic E-state index is -0.280. The first-order chi connectivity index (χ1) is 11.7. The van der Waals surface area contributed by atoms with Crippen molar-refractivity contribution in [3.8, 4) is 0 Å². The van der Waals surface area contributed by atoms with Crippen molar-refractivity contribution in [2.45, 2.75) is 44.3 Å². The molecule has 3 rings (SSSR count). The van der Waals surface area contributed by atoms with Crippen LogP contribution < -0.4 is 0 Å². The molecule has 2 aliphatic rings. The molecule has 0 saturated carbocycles. The van der Waals surface area contributed by atoms with Gasteiger partial charge >= 0.3 is 5.97 Å². The highest BCUT2D eigenvalue weighted by Crippen LogP contribution is 2.25. The number of nitrogens with zero attached hydrogens (tertiary/aromatic N) is 2. The molecule has 1 aromatic carbocycles. The van der Waals surface area contributed by atoms with Crippen LogP contribution in [0.4, 0.5) is 0 Å². The summed E-state index contributed by atoms with van der Waals surface area (Å²) in [6, 6.07) is 8.62. The number of aliphatic hydroxyl groups is 1. The van der Waals surface area contributed by atoms with Crippen LogP contribution in [0, 0.1) is 0 Å². The predicted molar refractivity (Wildman–Crippen MR) is 92.9 cm³/mol. The van der Waals surface area contributed by atoms with Gasteiger partial charge in [-0.25, -0.2) is 4.79 Å². The fraction of sp³-hybridized carbons (Fsp3) is 0.632. The molecule has 24 heavy (non-hydrogen) atoms. The summed E-state index contributed by atoms with van der Waals surface area (Å²) < 4.78 is 4.81. The zero-order valence-corrected chi connectivity index (χ0v) is 14.5. The minimum Gasteiger partial charge on any atom is -0.465 e. The summed E-state index contributed by atoms with van der Waals surface area (Å²) in [5, 5.41) is 9.52. The van der Waals surface area contributed by atoms with Gasteiger partial charge in [0.25, 0.3) is 0 Å². The smallest absolute Gasteiger partial charge is 0.337 e. The second kappa shape index (κ2) is 8.10. The van der Waals surface area contributed by atoms with Crippen LogP contribution in [0.15, 0.2) is 24.3 Å². The van der Waals surface area contributed by atoms with Crippen LogP contribution in [0.1, 0.15) is 41.6 Å². The van der Waals surface area contributed by atoms with Gasteiger partial charge in [0.2, 0.25) is 0 Å². The van der Waals surface area contributed by atoms with E-state index in [0.717, 1.165) is 38.2 Å². The third-order valence-corrected chi connectivity index (χ3v) is 5.39. The van der Waals surface area contributed by atoms with Crippen molar-refractivity contribution in [2.75, 3.05) is 33.4 Å². The SMILES string of the molecule is COC(=O)c1cccc(CN2CCCC2CN2CCCC2CO)c1. The van der Waals surface area contributed by atoms with Gasteiger partial charge in [-0.2, -0.15) is 0 Å². The Bertz CT molecular complexity index is 563. The van der Waals surface area contributed by atoms with E-state index in [1.165, 1.54) is 26.4 Å². The molecule has 2 aliphatic heterocycles. The fourth-order valence-corrected chi connectivity index (χ4v) is 4.07. The molecule has 5 heteroatoms. The first kappa shape index (κ1) is 17.4. The Labute approximate surface area is 144 Å². The molecule has 0 radical (unpaired) electrons. The van der Waals surface area contributed by atoms with Gasteiger partial charge in [0, 0.05) is 25.2 Å². The lowest BCUT2D eigenvalue weighted by Crippen LogP contribution is -2.43. The van der Waals surface area contributed by atoms with Crippen molar-refractivity contribution in [3.63, 3.8) is 0 Å². The largest absolute Gasteiger partial charge is 0.465 e. The van der Waals surface area contributed by atoms with E-state index in [9.17, 15) is 9.90 Å². The van der Waals surface area contributed by atoms with Gasteiger partial charge in [0.05, 0.1) is 19.3 Å². The molecule has 2 heterocycles. The molecular formula is C19H28N2O3. The van der Waals surface area contributed by atoms with Crippen molar-refractivity contribution < 1.29 is 14.6 Å². The molecular weight excluding hydrogens is 304 g/mol. The summed E-state index contributed by atoms with van der Waals surface area (Å²) >= 11 is 0. The number of esters is 1. The molecule has 2 atom stereocenters. The monoisotopic (exact) mass is 332 g/mol. The van der Waals surface area contributed by atoms with E-state index < -0.39 is 0 Å². The Balaban J connectivity index is 1.62. The van der Waals surface area contributed by atoms with Gasteiger partial charge in [0.1, 0.15) is 0 Å². The van der Waals surface area contributed by atoms with Crippen LogP contribution >= 0.6 is 0 Å². The third-order valence-electron chi connectivity index (χ3n) is 5.39. The summed E-state index contributed by atoms with van der Waals surface area (Å²) in [5.41, 5.74) is 1.77. The maximum atomic E-state index is 11.7. The molecule has 0 amide bonds. The molecule has 2 unspecified atom stereocenters. The first-order valence-electron chi connectivity index (χ1n) is 8.97. The number of ether oxygens (including phenoxy) is 1. The number of rotatable bonds is 6. The number of carbonyl (C=O) groups is 1. The van der Waals surface area contributed by atoms with E-state index >= 15 is 0 Å². The van der Waals surface area contributed by atoms with Gasteiger partial charge < -0.3 is 9.84 Å². The van der Waals surface area contributed by atoms with Gasteiger partial charge in [-0.05, 0) is 56.5 Å². The number of methoxy groups -OCH3 is 1. The van der Waals surface area contributed by atoms with Crippen LogP contribution in [-0.2, 0) is 11.3 Å². The van der Waals surface area contributed by atoms with Crippen molar-refractivity contribution >= 4 is 5.97 Å². The Morgan fingerprint density at radius 2 is 1.96 bits per heavy atom. The average molecular weight is 332 g/mol. The molecule has 1 aromatic rings. The molecule has 1 N–H and O–H groups in total. The molecule has 2 saturated heterocycles. The zero-order valence-electron chi connectivity index (χ0n) is 14.5. The summed E-state index contributed by atoms with van der Waals surface area (Å²) in [6.07, 6.45) is 4.74. The zero-order chi connectivity index (χ0) is 16.9. The van der Waals surface area contributed by atoms with Crippen molar-refractivity contribution in [1.29, 1.82) is 0 Å². The summed E-state index contributed by atoms with van der Waals surface area (Å²) in [5.74, 6) is -0.280.